The molecule has 2 aromatic rings. The molecule has 0 N–H and O–H groups in total. The van der Waals surface area contributed by atoms with E-state index in [1.165, 1.54) is 0 Å². The first-order valence-corrected chi connectivity index (χ1v) is 7.37. The Bertz CT molecular complexity index is 655. The minimum absolute atomic E-state index is 0.0377. The van der Waals surface area contributed by atoms with Crippen LogP contribution >= 0.6 is 0 Å². The number of benzene rings is 1. The lowest BCUT2D eigenvalue weighted by Gasteiger charge is -2.23. The topological polar surface area (TPSA) is 46.3 Å². The molecule has 1 aliphatic heterocycles. The van der Waals surface area contributed by atoms with Gasteiger partial charge in [-0.3, -0.25) is 4.79 Å². The Labute approximate surface area is 124 Å². The molecule has 3 rings (SSSR count). The number of nitrogens with zero attached hydrogens (tertiary/aromatic N) is 2. The molecule has 110 valence electrons. The van der Waals surface area contributed by atoms with Gasteiger partial charge in [0.05, 0.1) is 6.04 Å². The maximum atomic E-state index is 12.8. The average Bonchev–Trinajstić information content (AvgIpc) is 3.04. The fraction of sp³-hybridized carbons (Fsp3) is 0.412. The van der Waals surface area contributed by atoms with E-state index in [1.807, 2.05) is 43.9 Å². The van der Waals surface area contributed by atoms with Gasteiger partial charge in [-0.1, -0.05) is 22.3 Å². The van der Waals surface area contributed by atoms with Crippen LogP contribution in [0.2, 0.25) is 0 Å². The second-order valence-electron chi connectivity index (χ2n) is 5.90. The zero-order chi connectivity index (χ0) is 15.0. The van der Waals surface area contributed by atoms with Crippen molar-refractivity contribution < 1.29 is 9.32 Å². The van der Waals surface area contributed by atoms with Crippen LogP contribution in [0.25, 0.3) is 0 Å². The summed E-state index contributed by atoms with van der Waals surface area (Å²) in [6, 6.07) is 7.96. The van der Waals surface area contributed by atoms with E-state index in [2.05, 4.69) is 11.2 Å². The van der Waals surface area contributed by atoms with Crippen LogP contribution in [0.4, 0.5) is 0 Å². The third-order valence-corrected chi connectivity index (χ3v) is 3.97. The molecular weight excluding hydrogens is 264 g/mol. The van der Waals surface area contributed by atoms with Crippen molar-refractivity contribution in [3.8, 4) is 0 Å². The van der Waals surface area contributed by atoms with E-state index in [9.17, 15) is 4.79 Å². The Kier molecular flexibility index (Phi) is 3.53. The molecule has 1 saturated heterocycles. The summed E-state index contributed by atoms with van der Waals surface area (Å²) in [7, 11) is 0. The molecule has 0 aliphatic carbocycles. The van der Waals surface area contributed by atoms with E-state index in [0.29, 0.717) is 0 Å². The first kappa shape index (κ1) is 13.9. The quantitative estimate of drug-likeness (QED) is 0.846. The molecule has 0 radical (unpaired) electrons. The van der Waals surface area contributed by atoms with Crippen molar-refractivity contribution in [2.24, 2.45) is 0 Å². The molecule has 21 heavy (non-hydrogen) atoms. The summed E-state index contributed by atoms with van der Waals surface area (Å²) >= 11 is 0. The Morgan fingerprint density at radius 2 is 1.90 bits per heavy atom. The molecule has 1 fully saturated rings. The molecule has 0 spiro atoms. The lowest BCUT2D eigenvalue weighted by Crippen LogP contribution is -2.30. The van der Waals surface area contributed by atoms with Crippen LogP contribution in [0.15, 0.2) is 28.8 Å². The van der Waals surface area contributed by atoms with Crippen LogP contribution in [0.5, 0.6) is 0 Å². The largest absolute Gasteiger partial charge is 0.361 e. The number of aromatic nitrogens is 1. The molecule has 1 amide bonds. The summed E-state index contributed by atoms with van der Waals surface area (Å²) in [5.41, 5.74) is 3.86. The van der Waals surface area contributed by atoms with E-state index in [-0.39, 0.29) is 11.9 Å². The molecule has 4 heteroatoms. The monoisotopic (exact) mass is 284 g/mol. The number of likely N-dealkylation sites (tertiary alicyclic amines) is 1. The number of carbonyl (C=O) groups is 1. The summed E-state index contributed by atoms with van der Waals surface area (Å²) in [5.74, 6) is 0.876. The molecule has 1 atom stereocenters. The predicted octanol–water partition coefficient (Wildman–Crippen LogP) is 3.58. The zero-order valence-electron chi connectivity index (χ0n) is 12.7. The third-order valence-electron chi connectivity index (χ3n) is 3.97. The van der Waals surface area contributed by atoms with Gasteiger partial charge in [0.1, 0.15) is 11.5 Å². The number of amides is 1. The molecular formula is C17H20N2O2. The Morgan fingerprint density at radius 1 is 1.19 bits per heavy atom. The van der Waals surface area contributed by atoms with E-state index in [4.69, 9.17) is 4.52 Å². The van der Waals surface area contributed by atoms with Gasteiger partial charge in [-0.25, -0.2) is 0 Å². The van der Waals surface area contributed by atoms with Crippen LogP contribution in [0.3, 0.4) is 0 Å². The van der Waals surface area contributed by atoms with E-state index >= 15 is 0 Å². The minimum Gasteiger partial charge on any atom is -0.361 e. The van der Waals surface area contributed by atoms with E-state index < -0.39 is 0 Å². The van der Waals surface area contributed by atoms with E-state index in [1.54, 1.807) is 0 Å². The summed E-state index contributed by atoms with van der Waals surface area (Å²) in [5, 5.41) is 4.09. The fourth-order valence-electron chi connectivity index (χ4n) is 3.12. The highest BCUT2D eigenvalue weighted by molar-refractivity contribution is 5.95. The van der Waals surface area contributed by atoms with Crippen LogP contribution in [0.1, 0.15) is 51.8 Å². The highest BCUT2D eigenvalue weighted by Crippen LogP contribution is 2.32. The molecule has 1 unspecified atom stereocenters. The molecule has 1 aromatic carbocycles. The summed E-state index contributed by atoms with van der Waals surface area (Å²) in [6.07, 6.45) is 1.95. The highest BCUT2D eigenvalue weighted by Gasteiger charge is 2.32. The predicted molar refractivity (Wildman–Crippen MR) is 80.2 cm³/mol. The fourth-order valence-corrected chi connectivity index (χ4v) is 3.12. The van der Waals surface area contributed by atoms with Crippen LogP contribution in [-0.4, -0.2) is 22.5 Å². The average molecular weight is 284 g/mol. The second kappa shape index (κ2) is 5.35. The summed E-state index contributed by atoms with van der Waals surface area (Å²) in [6.45, 7) is 6.70. The summed E-state index contributed by atoms with van der Waals surface area (Å²) in [4.78, 5) is 14.7. The van der Waals surface area contributed by atoms with Gasteiger partial charge in [-0.05, 0) is 45.7 Å². The van der Waals surface area contributed by atoms with E-state index in [0.717, 1.165) is 47.5 Å². The summed E-state index contributed by atoms with van der Waals surface area (Å²) < 4.78 is 5.16. The maximum absolute atomic E-state index is 12.8. The molecule has 1 aliphatic rings. The second-order valence-corrected chi connectivity index (χ2v) is 5.90. The maximum Gasteiger partial charge on any atom is 0.254 e. The van der Waals surface area contributed by atoms with Crippen molar-refractivity contribution in [1.82, 2.24) is 10.1 Å². The Hall–Kier alpha value is -2.10. The van der Waals surface area contributed by atoms with Crippen molar-refractivity contribution in [3.05, 3.63) is 52.4 Å². The van der Waals surface area contributed by atoms with Crippen molar-refractivity contribution in [1.29, 1.82) is 0 Å². The van der Waals surface area contributed by atoms with Gasteiger partial charge < -0.3 is 9.42 Å². The van der Waals surface area contributed by atoms with Crippen molar-refractivity contribution in [3.63, 3.8) is 0 Å². The van der Waals surface area contributed by atoms with Gasteiger partial charge in [-0.2, -0.15) is 0 Å². The number of rotatable bonds is 2. The van der Waals surface area contributed by atoms with Crippen molar-refractivity contribution in [2.45, 2.75) is 39.7 Å². The zero-order valence-corrected chi connectivity index (χ0v) is 12.7. The SMILES string of the molecule is Cc1cc(C)cc(C(=O)N2CCCC2c2cc(C)on2)c1. The molecule has 4 nitrogen and oxygen atoms in total. The van der Waals surface area contributed by atoms with Crippen LogP contribution < -0.4 is 0 Å². The van der Waals surface area contributed by atoms with Crippen LogP contribution in [-0.2, 0) is 0 Å². The number of hydrogen-bond donors (Lipinski definition) is 0. The molecule has 2 heterocycles. The first-order valence-electron chi connectivity index (χ1n) is 7.37. The Balaban J connectivity index is 1.89. The normalized spacial score (nSPS) is 18.2. The number of carbonyl (C=O) groups excluding carboxylic acids is 1. The van der Waals surface area contributed by atoms with Crippen molar-refractivity contribution >= 4 is 5.91 Å². The van der Waals surface area contributed by atoms with Crippen LogP contribution in [0, 0.1) is 20.8 Å². The molecule has 0 bridgehead atoms. The molecule has 1 aromatic heterocycles. The Morgan fingerprint density at radius 3 is 2.52 bits per heavy atom. The third kappa shape index (κ3) is 2.71. The lowest BCUT2D eigenvalue weighted by molar-refractivity contribution is 0.0730. The standard InChI is InChI=1S/C17H20N2O2/c1-11-7-12(2)9-14(8-11)17(20)19-6-4-5-16(19)15-10-13(3)21-18-15/h7-10,16H,4-6H2,1-3H3. The number of aryl methyl sites for hydroxylation is 3. The van der Waals surface area contributed by atoms with Gasteiger partial charge in [-0.15, -0.1) is 0 Å². The highest BCUT2D eigenvalue weighted by atomic mass is 16.5. The first-order chi connectivity index (χ1) is 10.0. The lowest BCUT2D eigenvalue weighted by atomic mass is 10.1. The van der Waals surface area contributed by atoms with Gasteiger partial charge in [0.2, 0.25) is 0 Å². The minimum atomic E-state index is 0.0377. The smallest absolute Gasteiger partial charge is 0.254 e. The number of hydrogen-bond acceptors (Lipinski definition) is 3. The van der Waals surface area contributed by atoms with Gasteiger partial charge in [0, 0.05) is 18.2 Å². The van der Waals surface area contributed by atoms with Gasteiger partial charge >= 0.3 is 0 Å². The molecule has 0 saturated carbocycles. The van der Waals surface area contributed by atoms with Gasteiger partial charge in [0.15, 0.2) is 0 Å². The van der Waals surface area contributed by atoms with Crippen molar-refractivity contribution in [2.75, 3.05) is 6.54 Å². The van der Waals surface area contributed by atoms with Gasteiger partial charge in [0.25, 0.3) is 5.91 Å².